The van der Waals surface area contributed by atoms with Crippen molar-refractivity contribution in [3.05, 3.63) is 18.0 Å². The van der Waals surface area contributed by atoms with Gasteiger partial charge in [-0.25, -0.2) is 0 Å². The summed E-state index contributed by atoms with van der Waals surface area (Å²) in [6, 6.07) is 2.40. The van der Waals surface area contributed by atoms with Crippen LogP contribution in [-0.4, -0.2) is 28.2 Å². The fraction of sp³-hybridized carbons (Fsp3) is 0.667. The lowest BCUT2D eigenvalue weighted by molar-refractivity contribution is -0.119. The van der Waals surface area contributed by atoms with Gasteiger partial charge < -0.3 is 5.32 Å². The Balaban J connectivity index is 1.73. The van der Waals surface area contributed by atoms with Crippen LogP contribution in [0.4, 0.5) is 0 Å². The first kappa shape index (κ1) is 11.3. The van der Waals surface area contributed by atoms with E-state index in [2.05, 4.69) is 10.4 Å². The fourth-order valence-corrected chi connectivity index (χ4v) is 2.22. The third-order valence-electron chi connectivity index (χ3n) is 3.22. The Bertz CT molecular complexity index is 353. The van der Waals surface area contributed by atoms with E-state index >= 15 is 0 Å². The predicted octanol–water partition coefficient (Wildman–Crippen LogP) is 1.06. The van der Waals surface area contributed by atoms with Crippen LogP contribution in [0.1, 0.15) is 31.4 Å². The van der Waals surface area contributed by atoms with Crippen molar-refractivity contribution in [2.45, 2.75) is 38.1 Å². The lowest BCUT2D eigenvalue weighted by Gasteiger charge is -2.08. The summed E-state index contributed by atoms with van der Waals surface area (Å²) in [5.41, 5.74) is 1.13. The van der Waals surface area contributed by atoms with E-state index in [1.54, 1.807) is 6.20 Å². The molecule has 2 heterocycles. The summed E-state index contributed by atoms with van der Waals surface area (Å²) >= 11 is 0. The van der Waals surface area contributed by atoms with Crippen molar-refractivity contribution in [3.8, 4) is 0 Å². The van der Waals surface area contributed by atoms with Crippen molar-refractivity contribution in [2.75, 3.05) is 6.54 Å². The van der Waals surface area contributed by atoms with Gasteiger partial charge in [0.2, 0.25) is 0 Å². The van der Waals surface area contributed by atoms with Crippen LogP contribution >= 0.6 is 0 Å². The zero-order valence-electron chi connectivity index (χ0n) is 9.78. The van der Waals surface area contributed by atoms with Gasteiger partial charge in [-0.15, -0.1) is 0 Å². The molecule has 1 N–H and O–H groups in total. The normalized spacial score (nSPS) is 20.2. The lowest BCUT2D eigenvalue weighted by atomic mass is 10.0. The molecule has 2 rings (SSSR count). The van der Waals surface area contributed by atoms with Gasteiger partial charge in [-0.1, -0.05) is 0 Å². The molecule has 0 saturated carbocycles. The van der Waals surface area contributed by atoms with Gasteiger partial charge in [-0.3, -0.25) is 9.48 Å². The van der Waals surface area contributed by atoms with Crippen LogP contribution in [0, 0.1) is 0 Å². The predicted molar refractivity (Wildman–Crippen MR) is 62.2 cm³/mol. The number of nitrogens with one attached hydrogen (secondary N) is 1. The van der Waals surface area contributed by atoms with E-state index in [9.17, 15) is 4.79 Å². The summed E-state index contributed by atoms with van der Waals surface area (Å²) in [6.07, 6.45) is 6.27. The van der Waals surface area contributed by atoms with Crippen LogP contribution in [0.3, 0.4) is 0 Å². The molecule has 1 aromatic heterocycles. The van der Waals surface area contributed by atoms with E-state index in [1.165, 1.54) is 6.42 Å². The molecule has 1 aliphatic heterocycles. The number of rotatable bonds is 5. The maximum Gasteiger partial charge on any atom is 0.134 e. The maximum absolute atomic E-state index is 11.7. The molecule has 88 valence electrons. The zero-order valence-corrected chi connectivity index (χ0v) is 9.78. The number of Topliss-reactive ketones (excluding diaryl/α,β-unsaturated/α-hetero) is 1. The van der Waals surface area contributed by atoms with E-state index in [4.69, 9.17) is 0 Å². The number of ketones is 1. The second-order valence-electron chi connectivity index (χ2n) is 4.48. The van der Waals surface area contributed by atoms with Crippen LogP contribution in [0.25, 0.3) is 0 Å². The summed E-state index contributed by atoms with van der Waals surface area (Å²) in [5.74, 6) is 0.362. The number of carbonyl (C=O) groups is 1. The Morgan fingerprint density at radius 3 is 3.19 bits per heavy atom. The summed E-state index contributed by atoms with van der Waals surface area (Å²) in [6.45, 7) is 1.07. The standard InChI is InChI=1S/C12H19N3O/c1-15-11(6-8-14-15)4-5-12(16)9-10-3-2-7-13-10/h6,8,10,13H,2-5,7,9H2,1H3. The van der Waals surface area contributed by atoms with Crippen molar-refractivity contribution < 1.29 is 4.79 Å². The van der Waals surface area contributed by atoms with Gasteiger partial charge in [-0.2, -0.15) is 5.10 Å². The highest BCUT2D eigenvalue weighted by molar-refractivity contribution is 5.79. The molecule has 1 saturated heterocycles. The summed E-state index contributed by atoms with van der Waals surface area (Å²) in [4.78, 5) is 11.7. The molecule has 0 amide bonds. The van der Waals surface area contributed by atoms with Gasteiger partial charge >= 0.3 is 0 Å². The molecule has 0 radical (unpaired) electrons. The SMILES string of the molecule is Cn1nccc1CCC(=O)CC1CCCN1. The number of hydrogen-bond acceptors (Lipinski definition) is 3. The number of nitrogens with zero attached hydrogens (tertiary/aromatic N) is 2. The van der Waals surface area contributed by atoms with E-state index in [0.29, 0.717) is 24.7 Å². The molecular formula is C12H19N3O. The first-order valence-corrected chi connectivity index (χ1v) is 5.97. The Kier molecular flexibility index (Phi) is 3.72. The molecular weight excluding hydrogens is 202 g/mol. The van der Waals surface area contributed by atoms with Crippen molar-refractivity contribution in [2.24, 2.45) is 7.05 Å². The number of carbonyl (C=O) groups excluding carboxylic acids is 1. The monoisotopic (exact) mass is 221 g/mol. The first-order valence-electron chi connectivity index (χ1n) is 5.97. The Morgan fingerprint density at radius 1 is 1.69 bits per heavy atom. The summed E-state index contributed by atoms with van der Waals surface area (Å²) < 4.78 is 1.83. The van der Waals surface area contributed by atoms with Gasteiger partial charge in [0.1, 0.15) is 5.78 Å². The molecule has 0 aromatic carbocycles. The highest BCUT2D eigenvalue weighted by Crippen LogP contribution is 2.11. The topological polar surface area (TPSA) is 46.9 Å². The first-order chi connectivity index (χ1) is 7.75. The highest BCUT2D eigenvalue weighted by Gasteiger charge is 2.17. The lowest BCUT2D eigenvalue weighted by Crippen LogP contribution is -2.24. The van der Waals surface area contributed by atoms with Gasteiger partial charge in [-0.05, 0) is 31.9 Å². The molecule has 1 aliphatic rings. The van der Waals surface area contributed by atoms with Crippen molar-refractivity contribution in [1.82, 2.24) is 15.1 Å². The van der Waals surface area contributed by atoms with Crippen molar-refractivity contribution in [3.63, 3.8) is 0 Å². The van der Waals surface area contributed by atoms with E-state index in [-0.39, 0.29) is 0 Å². The molecule has 1 unspecified atom stereocenters. The molecule has 0 aliphatic carbocycles. The third kappa shape index (κ3) is 2.92. The molecule has 1 aromatic rings. The van der Waals surface area contributed by atoms with Crippen LogP contribution in [0.15, 0.2) is 12.3 Å². The van der Waals surface area contributed by atoms with Crippen molar-refractivity contribution in [1.29, 1.82) is 0 Å². The second kappa shape index (κ2) is 5.25. The highest BCUT2D eigenvalue weighted by atomic mass is 16.1. The van der Waals surface area contributed by atoms with Crippen LogP contribution in [-0.2, 0) is 18.3 Å². The molecule has 0 bridgehead atoms. The zero-order chi connectivity index (χ0) is 11.4. The molecule has 0 spiro atoms. The number of hydrogen-bond donors (Lipinski definition) is 1. The Labute approximate surface area is 96.0 Å². The van der Waals surface area contributed by atoms with Crippen LogP contribution in [0.2, 0.25) is 0 Å². The van der Waals surface area contributed by atoms with Crippen LogP contribution in [0.5, 0.6) is 0 Å². The largest absolute Gasteiger partial charge is 0.314 e. The number of aryl methyl sites for hydroxylation is 2. The molecule has 1 fully saturated rings. The third-order valence-corrected chi connectivity index (χ3v) is 3.22. The minimum Gasteiger partial charge on any atom is -0.314 e. The van der Waals surface area contributed by atoms with E-state index < -0.39 is 0 Å². The van der Waals surface area contributed by atoms with Gasteiger partial charge in [0.05, 0.1) is 0 Å². The maximum atomic E-state index is 11.7. The molecule has 1 atom stereocenters. The quantitative estimate of drug-likeness (QED) is 0.809. The molecule has 4 heteroatoms. The fourth-order valence-electron chi connectivity index (χ4n) is 2.22. The average Bonchev–Trinajstić information content (AvgIpc) is 2.87. The average molecular weight is 221 g/mol. The Morgan fingerprint density at radius 2 is 2.56 bits per heavy atom. The molecule has 4 nitrogen and oxygen atoms in total. The van der Waals surface area contributed by atoms with E-state index in [0.717, 1.165) is 25.1 Å². The van der Waals surface area contributed by atoms with Gasteiger partial charge in [0.25, 0.3) is 0 Å². The van der Waals surface area contributed by atoms with Crippen LogP contribution < -0.4 is 5.32 Å². The number of aromatic nitrogens is 2. The smallest absolute Gasteiger partial charge is 0.134 e. The molecule has 16 heavy (non-hydrogen) atoms. The second-order valence-corrected chi connectivity index (χ2v) is 4.48. The van der Waals surface area contributed by atoms with Crippen molar-refractivity contribution >= 4 is 5.78 Å². The summed E-state index contributed by atoms with van der Waals surface area (Å²) in [5, 5.41) is 7.44. The minimum absolute atomic E-state index is 0.362. The van der Waals surface area contributed by atoms with Gasteiger partial charge in [0.15, 0.2) is 0 Å². The Hall–Kier alpha value is -1.16. The minimum atomic E-state index is 0.362. The van der Waals surface area contributed by atoms with Gasteiger partial charge in [0, 0.05) is 37.8 Å². The van der Waals surface area contributed by atoms with E-state index in [1.807, 2.05) is 17.8 Å². The summed E-state index contributed by atoms with van der Waals surface area (Å²) in [7, 11) is 1.92.